The molecule has 0 bridgehead atoms. The zero-order chi connectivity index (χ0) is 16.4. The van der Waals surface area contributed by atoms with Gasteiger partial charge in [-0.2, -0.15) is 0 Å². The molecule has 0 amide bonds. The van der Waals surface area contributed by atoms with Crippen molar-refractivity contribution in [3.05, 3.63) is 28.3 Å². The summed E-state index contributed by atoms with van der Waals surface area (Å²) in [6.07, 6.45) is 0. The van der Waals surface area contributed by atoms with Crippen LogP contribution in [0.1, 0.15) is 20.8 Å². The van der Waals surface area contributed by atoms with Crippen LogP contribution in [-0.2, 0) is 10.0 Å². The van der Waals surface area contributed by atoms with E-state index in [0.717, 1.165) is 4.31 Å². The van der Waals surface area contributed by atoms with Crippen LogP contribution in [-0.4, -0.2) is 38.3 Å². The molecule has 0 unspecified atom stereocenters. The van der Waals surface area contributed by atoms with Gasteiger partial charge in [0.05, 0.1) is 4.92 Å². The Labute approximate surface area is 125 Å². The van der Waals surface area contributed by atoms with Crippen LogP contribution < -0.4 is 5.32 Å². The standard InChI is InChI=1S/C13H21N3O4S/c1-13(2,3)9-15(5)21(19,20)11-8-6-7-10(14-4)12(11)16(17)18/h6-8,14H,9H2,1-5H3. The minimum Gasteiger partial charge on any atom is -0.383 e. The van der Waals surface area contributed by atoms with E-state index in [9.17, 15) is 18.5 Å². The van der Waals surface area contributed by atoms with Gasteiger partial charge in [-0.05, 0) is 17.5 Å². The SMILES string of the molecule is CNc1cccc(S(=O)(=O)N(C)CC(C)(C)C)c1[N+](=O)[O-]. The maximum Gasteiger partial charge on any atom is 0.312 e. The molecule has 0 spiro atoms. The fourth-order valence-electron chi connectivity index (χ4n) is 2.04. The first-order valence-corrected chi connectivity index (χ1v) is 7.86. The van der Waals surface area contributed by atoms with Crippen molar-refractivity contribution < 1.29 is 13.3 Å². The van der Waals surface area contributed by atoms with Crippen molar-refractivity contribution in [2.75, 3.05) is 26.0 Å². The van der Waals surface area contributed by atoms with E-state index in [2.05, 4.69) is 5.32 Å². The molecule has 0 aliphatic heterocycles. The van der Waals surface area contributed by atoms with Crippen molar-refractivity contribution in [2.24, 2.45) is 5.41 Å². The van der Waals surface area contributed by atoms with Crippen LogP contribution in [0.25, 0.3) is 0 Å². The van der Waals surface area contributed by atoms with Gasteiger partial charge in [-0.15, -0.1) is 0 Å². The smallest absolute Gasteiger partial charge is 0.312 e. The molecule has 1 rings (SSSR count). The van der Waals surface area contributed by atoms with Crippen LogP contribution >= 0.6 is 0 Å². The van der Waals surface area contributed by atoms with Crippen LogP contribution in [0.5, 0.6) is 0 Å². The van der Waals surface area contributed by atoms with Crippen molar-refractivity contribution >= 4 is 21.4 Å². The summed E-state index contributed by atoms with van der Waals surface area (Å²) in [7, 11) is -0.990. The van der Waals surface area contributed by atoms with Gasteiger partial charge in [0.2, 0.25) is 10.0 Å². The number of nitro groups is 1. The summed E-state index contributed by atoms with van der Waals surface area (Å²) in [5.41, 5.74) is -0.511. The number of nitro benzene ring substituents is 1. The van der Waals surface area contributed by atoms with Gasteiger partial charge in [0.25, 0.3) is 0 Å². The Kier molecular flexibility index (Phi) is 4.95. The maximum absolute atomic E-state index is 12.6. The fraction of sp³-hybridized carbons (Fsp3) is 0.538. The Morgan fingerprint density at radius 3 is 2.33 bits per heavy atom. The monoisotopic (exact) mass is 315 g/mol. The molecule has 0 atom stereocenters. The summed E-state index contributed by atoms with van der Waals surface area (Å²) in [6, 6.07) is 4.21. The molecule has 0 saturated carbocycles. The first-order valence-electron chi connectivity index (χ1n) is 6.42. The Hall–Kier alpha value is -1.67. The molecule has 0 saturated heterocycles. The molecule has 1 aromatic carbocycles. The normalized spacial score (nSPS) is 12.5. The number of sulfonamides is 1. The van der Waals surface area contributed by atoms with Crippen LogP contribution in [0, 0.1) is 15.5 Å². The molecule has 0 fully saturated rings. The van der Waals surface area contributed by atoms with E-state index in [4.69, 9.17) is 0 Å². The summed E-state index contributed by atoms with van der Waals surface area (Å²) < 4.78 is 26.3. The molecule has 8 heteroatoms. The number of anilines is 1. The number of nitrogens with one attached hydrogen (secondary N) is 1. The molecule has 0 aliphatic rings. The lowest BCUT2D eigenvalue weighted by Gasteiger charge is -2.26. The molecular formula is C13H21N3O4S. The molecule has 118 valence electrons. The number of hydrogen-bond donors (Lipinski definition) is 1. The Bertz CT molecular complexity index is 635. The predicted molar refractivity (Wildman–Crippen MR) is 81.9 cm³/mol. The molecule has 0 aromatic heterocycles. The number of hydrogen-bond acceptors (Lipinski definition) is 5. The lowest BCUT2D eigenvalue weighted by Crippen LogP contribution is -2.34. The van der Waals surface area contributed by atoms with Crippen LogP contribution in [0.15, 0.2) is 23.1 Å². The molecular weight excluding hydrogens is 294 g/mol. The van der Waals surface area contributed by atoms with E-state index in [0.29, 0.717) is 0 Å². The van der Waals surface area contributed by atoms with Gasteiger partial charge in [0.15, 0.2) is 4.90 Å². The third-order valence-corrected chi connectivity index (χ3v) is 4.67. The average Bonchev–Trinajstić information content (AvgIpc) is 2.35. The van der Waals surface area contributed by atoms with Gasteiger partial charge >= 0.3 is 5.69 Å². The van der Waals surface area contributed by atoms with Gasteiger partial charge < -0.3 is 5.32 Å². The van der Waals surface area contributed by atoms with Crippen molar-refractivity contribution in [1.29, 1.82) is 0 Å². The lowest BCUT2D eigenvalue weighted by atomic mass is 9.97. The summed E-state index contributed by atoms with van der Waals surface area (Å²) in [5, 5.41) is 13.9. The average molecular weight is 315 g/mol. The Balaban J connectivity index is 3.42. The molecule has 0 aliphatic carbocycles. The fourth-order valence-corrected chi connectivity index (χ4v) is 3.61. The highest BCUT2D eigenvalue weighted by molar-refractivity contribution is 7.89. The highest BCUT2D eigenvalue weighted by atomic mass is 32.2. The minimum absolute atomic E-state index is 0.172. The zero-order valence-corrected chi connectivity index (χ0v) is 13.7. The van der Waals surface area contributed by atoms with E-state index >= 15 is 0 Å². The van der Waals surface area contributed by atoms with Crippen LogP contribution in [0.2, 0.25) is 0 Å². The number of para-hydroxylation sites is 1. The van der Waals surface area contributed by atoms with Gasteiger partial charge in [-0.1, -0.05) is 26.8 Å². The molecule has 1 aromatic rings. The first-order chi connectivity index (χ1) is 9.50. The number of benzene rings is 1. The number of nitrogens with zero attached hydrogens (tertiary/aromatic N) is 2. The third-order valence-electron chi connectivity index (χ3n) is 2.84. The second kappa shape index (κ2) is 5.98. The summed E-state index contributed by atoms with van der Waals surface area (Å²) >= 11 is 0. The van der Waals surface area contributed by atoms with Crippen molar-refractivity contribution in [2.45, 2.75) is 25.7 Å². The van der Waals surface area contributed by atoms with Crippen molar-refractivity contribution in [1.82, 2.24) is 4.31 Å². The maximum atomic E-state index is 12.6. The Morgan fingerprint density at radius 2 is 1.90 bits per heavy atom. The Morgan fingerprint density at radius 1 is 1.33 bits per heavy atom. The number of rotatable bonds is 5. The minimum atomic E-state index is -3.93. The lowest BCUT2D eigenvalue weighted by molar-refractivity contribution is -0.386. The first kappa shape index (κ1) is 17.4. The predicted octanol–water partition coefficient (Wildman–Crippen LogP) is 2.30. The van der Waals surface area contributed by atoms with E-state index in [-0.39, 0.29) is 22.5 Å². The largest absolute Gasteiger partial charge is 0.383 e. The quantitative estimate of drug-likeness (QED) is 0.665. The molecule has 0 radical (unpaired) electrons. The summed E-state index contributed by atoms with van der Waals surface area (Å²) in [4.78, 5) is 10.3. The molecule has 1 N–H and O–H groups in total. The van der Waals surface area contributed by atoms with Gasteiger partial charge in [-0.3, -0.25) is 10.1 Å². The van der Waals surface area contributed by atoms with Gasteiger partial charge in [-0.25, -0.2) is 12.7 Å². The summed E-state index contributed by atoms with van der Waals surface area (Å²) in [5.74, 6) is 0. The topological polar surface area (TPSA) is 92.6 Å². The van der Waals surface area contributed by atoms with E-state index in [1.165, 1.54) is 32.3 Å². The van der Waals surface area contributed by atoms with Crippen LogP contribution in [0.3, 0.4) is 0 Å². The zero-order valence-electron chi connectivity index (χ0n) is 12.9. The summed E-state index contributed by atoms with van der Waals surface area (Å²) in [6.45, 7) is 5.96. The van der Waals surface area contributed by atoms with Crippen molar-refractivity contribution in [3.63, 3.8) is 0 Å². The van der Waals surface area contributed by atoms with E-state index in [1.54, 1.807) is 0 Å². The third kappa shape index (κ3) is 3.92. The van der Waals surface area contributed by atoms with Crippen LogP contribution in [0.4, 0.5) is 11.4 Å². The second-order valence-corrected chi connectivity index (χ2v) is 7.99. The highest BCUT2D eigenvalue weighted by Crippen LogP contribution is 2.33. The van der Waals surface area contributed by atoms with Crippen molar-refractivity contribution in [3.8, 4) is 0 Å². The molecule has 21 heavy (non-hydrogen) atoms. The van der Waals surface area contributed by atoms with Gasteiger partial charge in [0, 0.05) is 20.6 Å². The van der Waals surface area contributed by atoms with E-state index < -0.39 is 20.6 Å². The highest BCUT2D eigenvalue weighted by Gasteiger charge is 2.33. The second-order valence-electron chi connectivity index (χ2n) is 5.98. The van der Waals surface area contributed by atoms with Gasteiger partial charge in [0.1, 0.15) is 5.69 Å². The molecule has 0 heterocycles. The molecule has 7 nitrogen and oxygen atoms in total. The van der Waals surface area contributed by atoms with E-state index in [1.807, 2.05) is 20.8 Å².